The number of carbonyl (C=O) groups is 1. The van der Waals surface area contributed by atoms with E-state index < -0.39 is 10.0 Å². The molecule has 2 aromatic carbocycles. The van der Waals surface area contributed by atoms with E-state index >= 15 is 0 Å². The maximum absolute atomic E-state index is 12.8. The third-order valence-electron chi connectivity index (χ3n) is 4.50. The number of amidine groups is 1. The van der Waals surface area contributed by atoms with Crippen LogP contribution in [0.4, 0.5) is 5.69 Å². The van der Waals surface area contributed by atoms with Crippen molar-refractivity contribution in [3.63, 3.8) is 0 Å². The van der Waals surface area contributed by atoms with Gasteiger partial charge in [0.2, 0.25) is 15.9 Å². The molecule has 0 bridgehead atoms. The lowest BCUT2D eigenvalue weighted by atomic mass is 10.3. The zero-order valence-corrected chi connectivity index (χ0v) is 20.7. The molecule has 1 aliphatic rings. The molecule has 0 aromatic heterocycles. The second-order valence-corrected chi connectivity index (χ2v) is 12.3. The van der Waals surface area contributed by atoms with Gasteiger partial charge in [-0.2, -0.15) is 0 Å². The highest BCUT2D eigenvalue weighted by molar-refractivity contribution is 8.14. The summed E-state index contributed by atoms with van der Waals surface area (Å²) in [6.45, 7) is 2.63. The van der Waals surface area contributed by atoms with Crippen molar-refractivity contribution in [1.82, 2.24) is 9.21 Å². The molecule has 6 nitrogen and oxygen atoms in total. The SMILES string of the molecule is CC1CN(C(=O)CCSc2ccc(Cl)cc2)C(=Nc2cccc(S(=O)(=O)N(C)C)c2)S1. The standard InChI is InChI=1S/C21H24ClN3O3S3/c1-15-14-25(20(26)11-12-29-18-9-7-16(22)8-10-18)21(30-15)23-17-5-4-6-19(13-17)31(27,28)24(2)3/h4-10,13,15H,11-12,14H2,1-3H3. The number of carbonyl (C=O) groups excluding carboxylic acids is 1. The first-order chi connectivity index (χ1) is 14.7. The topological polar surface area (TPSA) is 70.0 Å². The molecule has 0 spiro atoms. The van der Waals surface area contributed by atoms with Crippen molar-refractivity contribution in [2.45, 2.75) is 28.4 Å². The van der Waals surface area contributed by atoms with Gasteiger partial charge in [-0.15, -0.1) is 11.8 Å². The van der Waals surface area contributed by atoms with Crippen LogP contribution in [-0.4, -0.2) is 60.3 Å². The number of rotatable bonds is 7. The van der Waals surface area contributed by atoms with Crippen molar-refractivity contribution in [1.29, 1.82) is 0 Å². The summed E-state index contributed by atoms with van der Waals surface area (Å²) in [5.41, 5.74) is 0.507. The number of amides is 1. The zero-order valence-electron chi connectivity index (χ0n) is 17.5. The fourth-order valence-electron chi connectivity index (χ4n) is 2.87. The first kappa shape index (κ1) is 24.1. The fourth-order valence-corrected chi connectivity index (χ4v) is 5.82. The molecule has 10 heteroatoms. The first-order valence-electron chi connectivity index (χ1n) is 9.63. The van der Waals surface area contributed by atoms with Crippen LogP contribution >= 0.6 is 35.1 Å². The molecule has 166 valence electrons. The molecule has 3 rings (SSSR count). The zero-order chi connectivity index (χ0) is 22.6. The Hall–Kier alpha value is -1.52. The minimum Gasteiger partial charge on any atom is -0.290 e. The highest BCUT2D eigenvalue weighted by Crippen LogP contribution is 2.30. The molecule has 1 aliphatic heterocycles. The van der Waals surface area contributed by atoms with Gasteiger partial charge in [-0.3, -0.25) is 9.69 Å². The number of halogens is 1. The van der Waals surface area contributed by atoms with Crippen LogP contribution in [0.2, 0.25) is 5.02 Å². The largest absolute Gasteiger partial charge is 0.290 e. The van der Waals surface area contributed by atoms with Crippen LogP contribution in [0.25, 0.3) is 0 Å². The van der Waals surface area contributed by atoms with Crippen molar-refractivity contribution in [3.8, 4) is 0 Å². The van der Waals surface area contributed by atoms with E-state index in [1.54, 1.807) is 34.9 Å². The number of hydrogen-bond acceptors (Lipinski definition) is 6. The van der Waals surface area contributed by atoms with Crippen LogP contribution in [-0.2, 0) is 14.8 Å². The van der Waals surface area contributed by atoms with Crippen LogP contribution in [0, 0.1) is 0 Å². The monoisotopic (exact) mass is 497 g/mol. The normalized spacial score (nSPS) is 18.2. The molecule has 1 saturated heterocycles. The van der Waals surface area contributed by atoms with E-state index in [4.69, 9.17) is 11.6 Å². The highest BCUT2D eigenvalue weighted by atomic mass is 35.5. The Kier molecular flexibility index (Phi) is 8.09. The molecule has 0 aliphatic carbocycles. The van der Waals surface area contributed by atoms with Gasteiger partial charge in [-0.25, -0.2) is 17.7 Å². The maximum atomic E-state index is 12.8. The summed E-state index contributed by atoms with van der Waals surface area (Å²) in [4.78, 5) is 20.4. The average Bonchev–Trinajstić information content (AvgIpc) is 3.09. The number of benzene rings is 2. The van der Waals surface area contributed by atoms with Crippen LogP contribution in [0.3, 0.4) is 0 Å². The van der Waals surface area contributed by atoms with E-state index in [9.17, 15) is 13.2 Å². The van der Waals surface area contributed by atoms with E-state index in [0.29, 0.717) is 34.6 Å². The van der Waals surface area contributed by atoms with Crippen molar-refractivity contribution in [3.05, 3.63) is 53.6 Å². The lowest BCUT2D eigenvalue weighted by Crippen LogP contribution is -2.32. The van der Waals surface area contributed by atoms with E-state index in [1.807, 2.05) is 31.2 Å². The smallest absolute Gasteiger partial charge is 0.242 e. The summed E-state index contributed by atoms with van der Waals surface area (Å²) in [6, 6.07) is 14.0. The van der Waals surface area contributed by atoms with E-state index in [0.717, 1.165) is 4.90 Å². The lowest BCUT2D eigenvalue weighted by molar-refractivity contribution is -0.126. The minimum absolute atomic E-state index is 0.00845. The quantitative estimate of drug-likeness (QED) is 0.517. The van der Waals surface area contributed by atoms with E-state index in [2.05, 4.69) is 4.99 Å². The van der Waals surface area contributed by atoms with Gasteiger partial charge in [0.05, 0.1) is 10.6 Å². The maximum Gasteiger partial charge on any atom is 0.242 e. The van der Waals surface area contributed by atoms with Gasteiger partial charge in [0, 0.05) is 48.0 Å². The first-order valence-corrected chi connectivity index (χ1v) is 13.3. The van der Waals surface area contributed by atoms with Crippen molar-refractivity contribution < 1.29 is 13.2 Å². The van der Waals surface area contributed by atoms with Gasteiger partial charge in [0.1, 0.15) is 0 Å². The van der Waals surface area contributed by atoms with Gasteiger partial charge in [0.15, 0.2) is 5.17 Å². The molecule has 1 atom stereocenters. The van der Waals surface area contributed by atoms with Gasteiger partial charge in [0.25, 0.3) is 0 Å². The van der Waals surface area contributed by atoms with Crippen LogP contribution in [0.1, 0.15) is 13.3 Å². The van der Waals surface area contributed by atoms with Crippen LogP contribution in [0.5, 0.6) is 0 Å². The summed E-state index contributed by atoms with van der Waals surface area (Å²) in [6.07, 6.45) is 0.384. The summed E-state index contributed by atoms with van der Waals surface area (Å²) in [5, 5.41) is 1.51. The molecule has 31 heavy (non-hydrogen) atoms. The lowest BCUT2D eigenvalue weighted by Gasteiger charge is -2.16. The Morgan fingerprint density at radius 1 is 1.26 bits per heavy atom. The molecule has 1 fully saturated rings. The molecule has 1 amide bonds. The Morgan fingerprint density at radius 2 is 1.97 bits per heavy atom. The second kappa shape index (κ2) is 10.4. The van der Waals surface area contributed by atoms with Gasteiger partial charge < -0.3 is 0 Å². The Balaban J connectivity index is 1.71. The highest BCUT2D eigenvalue weighted by Gasteiger charge is 2.30. The molecular formula is C21H24ClN3O3S3. The Bertz CT molecular complexity index is 1070. The molecule has 0 N–H and O–H groups in total. The summed E-state index contributed by atoms with van der Waals surface area (Å²) in [5.74, 6) is 0.661. The Labute approximate surface area is 197 Å². The number of sulfonamides is 1. The third-order valence-corrected chi connectivity index (χ3v) is 8.65. The summed E-state index contributed by atoms with van der Waals surface area (Å²) >= 11 is 9.03. The fraction of sp³-hybridized carbons (Fsp3) is 0.333. The molecule has 1 heterocycles. The van der Waals surface area contributed by atoms with Gasteiger partial charge in [-0.1, -0.05) is 36.4 Å². The van der Waals surface area contributed by atoms with E-state index in [1.165, 1.54) is 36.2 Å². The Morgan fingerprint density at radius 3 is 2.65 bits per heavy atom. The number of thioether (sulfide) groups is 2. The second-order valence-electron chi connectivity index (χ2n) is 7.16. The summed E-state index contributed by atoms with van der Waals surface area (Å²) < 4.78 is 26.0. The number of aliphatic imine (C=N–C) groups is 1. The van der Waals surface area contributed by atoms with Crippen LogP contribution < -0.4 is 0 Å². The third kappa shape index (κ3) is 6.26. The van der Waals surface area contributed by atoms with Crippen LogP contribution in [0.15, 0.2) is 63.3 Å². The van der Waals surface area contributed by atoms with Crippen molar-refractivity contribution >= 4 is 61.9 Å². The molecular weight excluding hydrogens is 474 g/mol. The van der Waals surface area contributed by atoms with Gasteiger partial charge in [-0.05, 0) is 42.5 Å². The van der Waals surface area contributed by atoms with Gasteiger partial charge >= 0.3 is 0 Å². The predicted octanol–water partition coefficient (Wildman–Crippen LogP) is 4.72. The minimum atomic E-state index is -3.55. The molecule has 1 unspecified atom stereocenters. The molecule has 0 saturated carbocycles. The van der Waals surface area contributed by atoms with Crippen molar-refractivity contribution in [2.24, 2.45) is 4.99 Å². The van der Waals surface area contributed by atoms with E-state index in [-0.39, 0.29) is 16.1 Å². The molecule has 0 radical (unpaired) electrons. The predicted molar refractivity (Wildman–Crippen MR) is 130 cm³/mol. The summed E-state index contributed by atoms with van der Waals surface area (Å²) in [7, 11) is -0.567. The number of hydrogen-bond donors (Lipinski definition) is 0. The number of nitrogens with zero attached hydrogens (tertiary/aromatic N) is 3. The molecule has 2 aromatic rings. The van der Waals surface area contributed by atoms with Crippen molar-refractivity contribution in [2.75, 3.05) is 26.4 Å². The average molecular weight is 498 g/mol.